The lowest BCUT2D eigenvalue weighted by Gasteiger charge is -2.35. The second-order valence-electron chi connectivity index (χ2n) is 4.63. The van der Waals surface area contributed by atoms with Gasteiger partial charge in [-0.1, -0.05) is 0 Å². The van der Waals surface area contributed by atoms with Crippen LogP contribution in [0.15, 0.2) is 18.3 Å². The molecule has 18 heavy (non-hydrogen) atoms. The molecule has 2 heterocycles. The number of aliphatic hydroxyl groups excluding tert-OH is 1. The summed E-state index contributed by atoms with van der Waals surface area (Å²) < 4.78 is 0. The maximum atomic E-state index is 12.4. The molecule has 1 aliphatic heterocycles. The summed E-state index contributed by atoms with van der Waals surface area (Å²) >= 11 is 0. The average molecular weight is 249 g/mol. The predicted octanol–water partition coefficient (Wildman–Crippen LogP) is 1.04. The summed E-state index contributed by atoms with van der Waals surface area (Å²) in [5, 5.41) is 9.06. The Labute approximate surface area is 107 Å². The van der Waals surface area contributed by atoms with Gasteiger partial charge in [0.2, 0.25) is 0 Å². The summed E-state index contributed by atoms with van der Waals surface area (Å²) in [6.07, 6.45) is 5.27. The van der Waals surface area contributed by atoms with E-state index < -0.39 is 0 Å². The molecule has 1 saturated heterocycles. The molecule has 0 radical (unpaired) electrons. The topological polar surface area (TPSA) is 79.5 Å². The molecule has 2 rings (SSSR count). The predicted molar refractivity (Wildman–Crippen MR) is 69.0 cm³/mol. The first kappa shape index (κ1) is 12.8. The number of nitrogens with zero attached hydrogens (tertiary/aromatic N) is 2. The number of hydrogen-bond donors (Lipinski definition) is 2. The molecule has 0 bridgehead atoms. The van der Waals surface area contributed by atoms with Crippen LogP contribution in [0.2, 0.25) is 0 Å². The number of nitrogen functional groups attached to an aromatic ring is 1. The molecule has 3 N–H and O–H groups in total. The lowest BCUT2D eigenvalue weighted by Crippen LogP contribution is -2.44. The Morgan fingerprint density at radius 1 is 1.50 bits per heavy atom. The Morgan fingerprint density at radius 3 is 3.00 bits per heavy atom. The van der Waals surface area contributed by atoms with Crippen LogP contribution in [-0.2, 0) is 0 Å². The number of aliphatic hydroxyl groups is 1. The Hall–Kier alpha value is -1.62. The van der Waals surface area contributed by atoms with Crippen LogP contribution in [-0.4, -0.2) is 40.1 Å². The van der Waals surface area contributed by atoms with Crippen LogP contribution < -0.4 is 5.73 Å². The Morgan fingerprint density at radius 2 is 2.33 bits per heavy atom. The summed E-state index contributed by atoms with van der Waals surface area (Å²) in [4.78, 5) is 18.2. The number of nitrogens with two attached hydrogens (primary N) is 1. The molecule has 98 valence electrons. The third kappa shape index (κ3) is 2.79. The van der Waals surface area contributed by atoms with E-state index in [9.17, 15) is 4.79 Å². The van der Waals surface area contributed by atoms with Crippen molar-refractivity contribution in [3.05, 3.63) is 23.9 Å². The molecule has 0 aliphatic carbocycles. The zero-order valence-corrected chi connectivity index (χ0v) is 10.4. The van der Waals surface area contributed by atoms with Gasteiger partial charge in [-0.15, -0.1) is 0 Å². The first-order valence-corrected chi connectivity index (χ1v) is 6.35. The highest BCUT2D eigenvalue weighted by molar-refractivity contribution is 5.94. The number of rotatable bonds is 3. The van der Waals surface area contributed by atoms with Crippen molar-refractivity contribution in [2.24, 2.45) is 0 Å². The highest BCUT2D eigenvalue weighted by Gasteiger charge is 2.26. The lowest BCUT2D eigenvalue weighted by molar-refractivity contribution is 0.0574. The van der Waals surface area contributed by atoms with Gasteiger partial charge in [-0.05, 0) is 37.8 Å². The van der Waals surface area contributed by atoms with Crippen molar-refractivity contribution in [1.29, 1.82) is 0 Å². The molecule has 0 spiro atoms. The van der Waals surface area contributed by atoms with E-state index in [1.54, 1.807) is 12.1 Å². The second kappa shape index (κ2) is 5.82. The lowest BCUT2D eigenvalue weighted by atomic mass is 9.98. The van der Waals surface area contributed by atoms with Crippen LogP contribution in [0.1, 0.15) is 36.0 Å². The Balaban J connectivity index is 2.12. The van der Waals surface area contributed by atoms with Crippen LogP contribution in [0.3, 0.4) is 0 Å². The summed E-state index contributed by atoms with van der Waals surface area (Å²) in [5.41, 5.74) is 6.08. The van der Waals surface area contributed by atoms with Gasteiger partial charge in [0.25, 0.3) is 5.91 Å². The van der Waals surface area contributed by atoms with E-state index in [4.69, 9.17) is 10.8 Å². The van der Waals surface area contributed by atoms with Gasteiger partial charge in [0, 0.05) is 25.4 Å². The van der Waals surface area contributed by atoms with Crippen molar-refractivity contribution in [1.82, 2.24) is 9.88 Å². The smallest absolute Gasteiger partial charge is 0.255 e. The summed E-state index contributed by atoms with van der Waals surface area (Å²) in [6.45, 7) is 0.877. The van der Waals surface area contributed by atoms with Crippen molar-refractivity contribution < 1.29 is 9.90 Å². The van der Waals surface area contributed by atoms with E-state index >= 15 is 0 Å². The molecular weight excluding hydrogens is 230 g/mol. The van der Waals surface area contributed by atoms with Crippen molar-refractivity contribution >= 4 is 11.7 Å². The van der Waals surface area contributed by atoms with Gasteiger partial charge in [-0.3, -0.25) is 4.79 Å². The Kier molecular flexibility index (Phi) is 4.15. The number of piperidine rings is 1. The van der Waals surface area contributed by atoms with Gasteiger partial charge in [0.15, 0.2) is 0 Å². The molecule has 1 aromatic rings. The highest BCUT2D eigenvalue weighted by Crippen LogP contribution is 2.21. The molecule has 1 aliphatic rings. The molecule has 5 heteroatoms. The first-order chi connectivity index (χ1) is 8.72. The monoisotopic (exact) mass is 249 g/mol. The minimum Gasteiger partial charge on any atom is -0.396 e. The zero-order valence-electron chi connectivity index (χ0n) is 10.4. The minimum atomic E-state index is -0.0133. The van der Waals surface area contributed by atoms with Gasteiger partial charge in [-0.25, -0.2) is 4.98 Å². The first-order valence-electron chi connectivity index (χ1n) is 6.35. The molecular formula is C13H19N3O2. The van der Waals surface area contributed by atoms with Crippen LogP contribution in [0.5, 0.6) is 0 Å². The summed E-state index contributed by atoms with van der Waals surface area (Å²) in [6, 6.07) is 3.49. The molecule has 1 unspecified atom stereocenters. The normalized spacial score (nSPS) is 19.8. The summed E-state index contributed by atoms with van der Waals surface area (Å²) in [5.74, 6) is 0.401. The van der Waals surface area contributed by atoms with Crippen molar-refractivity contribution in [2.75, 3.05) is 18.9 Å². The maximum Gasteiger partial charge on any atom is 0.255 e. The number of hydrogen-bond acceptors (Lipinski definition) is 4. The number of likely N-dealkylation sites (tertiary alicyclic amines) is 1. The highest BCUT2D eigenvalue weighted by atomic mass is 16.3. The fourth-order valence-electron chi connectivity index (χ4n) is 2.41. The van der Waals surface area contributed by atoms with Crippen molar-refractivity contribution in [3.63, 3.8) is 0 Å². The van der Waals surface area contributed by atoms with E-state index in [-0.39, 0.29) is 18.6 Å². The van der Waals surface area contributed by atoms with Crippen LogP contribution in [0, 0.1) is 0 Å². The van der Waals surface area contributed by atoms with Crippen molar-refractivity contribution in [2.45, 2.75) is 31.7 Å². The minimum absolute atomic E-state index is 0.0133. The molecule has 1 aromatic heterocycles. The van der Waals surface area contributed by atoms with Crippen molar-refractivity contribution in [3.8, 4) is 0 Å². The summed E-state index contributed by atoms with van der Waals surface area (Å²) in [7, 11) is 0. The standard InChI is InChI=1S/C13H19N3O2/c14-12-5-4-10(9-15-12)13(18)16-7-2-1-3-11(16)6-8-17/h4-5,9,11,17H,1-3,6-8H2,(H2,14,15). The van der Waals surface area contributed by atoms with Crippen LogP contribution in [0.25, 0.3) is 0 Å². The Bertz CT molecular complexity index is 403. The van der Waals surface area contributed by atoms with Crippen LogP contribution >= 0.6 is 0 Å². The van der Waals surface area contributed by atoms with Gasteiger partial charge in [0.05, 0.1) is 5.56 Å². The third-order valence-electron chi connectivity index (χ3n) is 3.38. The molecule has 0 aromatic carbocycles. The fraction of sp³-hybridized carbons (Fsp3) is 0.538. The van der Waals surface area contributed by atoms with E-state index in [1.807, 2.05) is 4.90 Å². The number of carbonyl (C=O) groups excluding carboxylic acids is 1. The molecule has 1 fully saturated rings. The quantitative estimate of drug-likeness (QED) is 0.839. The molecule has 5 nitrogen and oxygen atoms in total. The second-order valence-corrected chi connectivity index (χ2v) is 4.63. The van der Waals surface area contributed by atoms with E-state index in [2.05, 4.69) is 4.98 Å². The third-order valence-corrected chi connectivity index (χ3v) is 3.38. The van der Waals surface area contributed by atoms with Gasteiger partial charge in [-0.2, -0.15) is 0 Å². The number of amides is 1. The zero-order chi connectivity index (χ0) is 13.0. The van der Waals surface area contributed by atoms with Gasteiger partial charge < -0.3 is 15.7 Å². The molecule has 0 saturated carbocycles. The number of carbonyl (C=O) groups is 1. The largest absolute Gasteiger partial charge is 0.396 e. The average Bonchev–Trinajstić information content (AvgIpc) is 2.40. The fourth-order valence-corrected chi connectivity index (χ4v) is 2.41. The molecule has 1 atom stereocenters. The van der Waals surface area contributed by atoms with Gasteiger partial charge >= 0.3 is 0 Å². The van der Waals surface area contributed by atoms with Gasteiger partial charge in [0.1, 0.15) is 5.82 Å². The SMILES string of the molecule is Nc1ccc(C(=O)N2CCCCC2CCO)cn1. The number of aromatic nitrogens is 1. The number of anilines is 1. The van der Waals surface area contributed by atoms with E-state index in [1.165, 1.54) is 6.20 Å². The van der Waals surface area contributed by atoms with E-state index in [0.29, 0.717) is 17.8 Å². The maximum absolute atomic E-state index is 12.4. The number of pyridine rings is 1. The molecule has 1 amide bonds. The van der Waals surface area contributed by atoms with Crippen LogP contribution in [0.4, 0.5) is 5.82 Å². The van der Waals surface area contributed by atoms with E-state index in [0.717, 1.165) is 25.8 Å².